The van der Waals surface area contributed by atoms with E-state index < -0.39 is 0 Å². The standard InChI is InChI=1S/C51H30N4OS.C51H30N4S2/c1-3-13-31(14-4-1)49-52-50(32-15-5-2-6-16-32)54-51(53-49)41-29-35(30-47-48(41)38-19-9-12-22-46(38)57-47)55-42-20-10-7-17-36(42)39-27-33(23-25-43(39)55)34-24-26-45-40(28-34)37-18-8-11-21-44(37)56-45;1-3-13-31(14-4-1)49-52-50(32-15-5-2-6-16-32)54-51(53-49)41-29-35(30-47-48(41)38-19-9-12-22-45(38)57-47)55-42-20-10-7-17-36(42)39-27-33(23-25-43(39)55)34-24-26-46-40(28-34)37-18-8-11-21-44(37)56-46/h2*1-30H. The third-order valence-electron chi connectivity index (χ3n) is 22.1. The number of fused-ring (bicyclic) bond motifs is 18. The predicted octanol–water partition coefficient (Wildman–Crippen LogP) is 28.3. The normalized spacial score (nSPS) is 11.9. The number of para-hydroxylation sites is 3. The second-order valence-electron chi connectivity index (χ2n) is 28.8. The van der Waals surface area contributed by atoms with E-state index in [0.29, 0.717) is 34.9 Å². The smallest absolute Gasteiger partial charge is 0.164 e. The van der Waals surface area contributed by atoms with Gasteiger partial charge in [-0.3, -0.25) is 0 Å². The summed E-state index contributed by atoms with van der Waals surface area (Å²) in [5.74, 6) is 3.87. The van der Waals surface area contributed by atoms with Gasteiger partial charge < -0.3 is 13.6 Å². The highest BCUT2D eigenvalue weighted by molar-refractivity contribution is 7.26. The Hall–Kier alpha value is -14.4. The number of benzene rings is 16. The van der Waals surface area contributed by atoms with E-state index in [-0.39, 0.29) is 0 Å². The molecule has 0 saturated carbocycles. The van der Waals surface area contributed by atoms with Crippen LogP contribution in [0.25, 0.3) is 228 Å². The summed E-state index contributed by atoms with van der Waals surface area (Å²) in [5.41, 5.74) is 19.0. The van der Waals surface area contributed by atoms with Crippen molar-refractivity contribution in [1.82, 2.24) is 39.0 Å². The van der Waals surface area contributed by atoms with Crippen molar-refractivity contribution in [1.29, 1.82) is 0 Å². The Labute approximate surface area is 664 Å². The highest BCUT2D eigenvalue weighted by Gasteiger charge is 2.25. The average molecular weight is 1510 g/mol. The molecule has 8 heterocycles. The number of hydrogen-bond acceptors (Lipinski definition) is 10. The fourth-order valence-electron chi connectivity index (χ4n) is 16.8. The number of rotatable bonds is 10. The van der Waals surface area contributed by atoms with Crippen molar-refractivity contribution in [3.63, 3.8) is 0 Å². The number of thiophene rings is 3. The summed E-state index contributed by atoms with van der Waals surface area (Å²) in [5, 5.41) is 14.4. The maximum atomic E-state index is 6.16. The molecular weight excluding hydrogens is 1450 g/mol. The predicted molar refractivity (Wildman–Crippen MR) is 478 cm³/mol. The first-order chi connectivity index (χ1) is 56.5. The number of hydrogen-bond donors (Lipinski definition) is 0. The van der Waals surface area contributed by atoms with Gasteiger partial charge in [0.25, 0.3) is 0 Å². The molecule has 24 aromatic rings. The largest absolute Gasteiger partial charge is 0.456 e. The average Bonchev–Trinajstić information content (AvgIpc) is 1.57. The Balaban J connectivity index is 0.000000135. The molecule has 0 atom stereocenters. The van der Waals surface area contributed by atoms with Crippen molar-refractivity contribution in [2.75, 3.05) is 0 Å². The summed E-state index contributed by atoms with van der Waals surface area (Å²) in [6.45, 7) is 0. The van der Waals surface area contributed by atoms with Gasteiger partial charge in [-0.05, 0) is 131 Å². The van der Waals surface area contributed by atoms with Gasteiger partial charge in [-0.2, -0.15) is 0 Å². The molecule has 0 unspecified atom stereocenters. The van der Waals surface area contributed by atoms with Crippen LogP contribution < -0.4 is 0 Å². The van der Waals surface area contributed by atoms with E-state index >= 15 is 0 Å². The number of furan rings is 1. The van der Waals surface area contributed by atoms with Gasteiger partial charge in [-0.25, -0.2) is 29.9 Å². The Kier molecular flexibility index (Phi) is 15.3. The SMILES string of the molecule is c1ccc(-c2nc(-c3ccccc3)nc(-c3cc(-n4c5ccccc5c5cc(-c6ccc7oc8ccccc8c7c6)ccc54)cc4sc5ccccc5c34)n2)cc1.c1ccc(-c2nc(-c3ccccc3)nc(-c3cc(-n4c5ccccc5c5cc(-c6ccc7sc8ccccc8c7c6)ccc54)cc4sc5ccccc5c34)n2)cc1. The van der Waals surface area contributed by atoms with Crippen molar-refractivity contribution in [3.05, 3.63) is 364 Å². The lowest BCUT2D eigenvalue weighted by Crippen LogP contribution is -2.01. The van der Waals surface area contributed by atoms with E-state index in [1.807, 2.05) is 108 Å². The molecule has 0 N–H and O–H groups in total. The molecule has 0 spiro atoms. The lowest BCUT2D eigenvalue weighted by Gasteiger charge is -2.13. The molecule has 114 heavy (non-hydrogen) atoms. The van der Waals surface area contributed by atoms with Crippen LogP contribution in [-0.2, 0) is 0 Å². The van der Waals surface area contributed by atoms with Crippen molar-refractivity contribution < 1.29 is 4.42 Å². The van der Waals surface area contributed by atoms with Gasteiger partial charge in [0, 0.05) is 138 Å². The molecule has 0 aliphatic carbocycles. The van der Waals surface area contributed by atoms with Gasteiger partial charge in [0.1, 0.15) is 11.2 Å². The van der Waals surface area contributed by atoms with Crippen LogP contribution >= 0.6 is 34.0 Å². The van der Waals surface area contributed by atoms with Crippen LogP contribution in [0.3, 0.4) is 0 Å². The van der Waals surface area contributed by atoms with Gasteiger partial charge in [-0.15, -0.1) is 34.0 Å². The summed E-state index contributed by atoms with van der Waals surface area (Å²) >= 11 is 5.47. The molecule has 0 amide bonds. The molecule has 9 nitrogen and oxygen atoms in total. The molecule has 24 rings (SSSR count). The Bertz CT molecular complexity index is 7410. The minimum absolute atomic E-state index is 0.642. The molecule has 0 aliphatic rings. The van der Waals surface area contributed by atoms with E-state index in [9.17, 15) is 0 Å². The molecular formula is C102H60N8OS3. The lowest BCUT2D eigenvalue weighted by atomic mass is 10.0. The van der Waals surface area contributed by atoms with Crippen LogP contribution in [0.1, 0.15) is 0 Å². The second-order valence-corrected chi connectivity index (χ2v) is 32.0. The molecule has 0 fully saturated rings. The van der Waals surface area contributed by atoms with E-state index in [2.05, 4.69) is 288 Å². The Morgan fingerprint density at radius 2 is 0.509 bits per heavy atom. The Morgan fingerprint density at radius 3 is 0.974 bits per heavy atom. The molecule has 0 saturated heterocycles. The lowest BCUT2D eigenvalue weighted by molar-refractivity contribution is 0.669. The van der Waals surface area contributed by atoms with Crippen molar-refractivity contribution in [2.45, 2.75) is 0 Å². The van der Waals surface area contributed by atoms with Gasteiger partial charge in [0.15, 0.2) is 34.9 Å². The van der Waals surface area contributed by atoms with Crippen LogP contribution in [0, 0.1) is 0 Å². The highest BCUT2D eigenvalue weighted by Crippen LogP contribution is 2.48. The first kappa shape index (κ1) is 65.5. The fourth-order valence-corrected chi connectivity index (χ4v) is 20.2. The summed E-state index contributed by atoms with van der Waals surface area (Å²) < 4.78 is 18.4. The molecule has 16 aromatic carbocycles. The zero-order chi connectivity index (χ0) is 74.9. The van der Waals surface area contributed by atoms with Gasteiger partial charge >= 0.3 is 0 Å². The molecule has 12 heteroatoms. The Morgan fingerprint density at radius 1 is 0.193 bits per heavy atom. The van der Waals surface area contributed by atoms with Crippen LogP contribution in [0.5, 0.6) is 0 Å². The fraction of sp³-hybridized carbons (Fsp3) is 0. The van der Waals surface area contributed by atoms with Crippen LogP contribution in [0.15, 0.2) is 368 Å². The molecule has 0 bridgehead atoms. The van der Waals surface area contributed by atoms with Crippen molar-refractivity contribution >= 4 is 160 Å². The maximum absolute atomic E-state index is 6.16. The minimum atomic E-state index is 0.642. The highest BCUT2D eigenvalue weighted by atomic mass is 32.1. The van der Waals surface area contributed by atoms with Crippen molar-refractivity contribution in [3.8, 4) is 102 Å². The minimum Gasteiger partial charge on any atom is -0.456 e. The molecule has 8 aromatic heterocycles. The topological polar surface area (TPSA) is 100 Å². The third kappa shape index (κ3) is 11.0. The van der Waals surface area contributed by atoms with Crippen LogP contribution in [0.2, 0.25) is 0 Å². The number of nitrogens with zero attached hydrogens (tertiary/aromatic N) is 8. The van der Waals surface area contributed by atoms with Gasteiger partial charge in [0.05, 0.1) is 22.1 Å². The monoisotopic (exact) mass is 1510 g/mol. The summed E-state index contributed by atoms with van der Waals surface area (Å²) in [6, 6.07) is 129. The van der Waals surface area contributed by atoms with E-state index in [1.54, 1.807) is 11.3 Å². The summed E-state index contributed by atoms with van der Waals surface area (Å²) in [4.78, 5) is 31.0. The van der Waals surface area contributed by atoms with E-state index in [1.165, 1.54) is 82.4 Å². The summed E-state index contributed by atoms with van der Waals surface area (Å²) in [7, 11) is 0. The quantitative estimate of drug-likeness (QED) is 0.134. The van der Waals surface area contributed by atoms with Gasteiger partial charge in [-0.1, -0.05) is 255 Å². The van der Waals surface area contributed by atoms with E-state index in [4.69, 9.17) is 34.3 Å². The molecule has 0 radical (unpaired) electrons. The zero-order valence-electron chi connectivity index (χ0n) is 60.9. The molecule has 532 valence electrons. The first-order valence-corrected chi connectivity index (χ1v) is 40.5. The van der Waals surface area contributed by atoms with Crippen molar-refractivity contribution in [2.24, 2.45) is 0 Å². The molecule has 0 aliphatic heterocycles. The van der Waals surface area contributed by atoms with Crippen LogP contribution in [-0.4, -0.2) is 39.0 Å². The first-order valence-electron chi connectivity index (χ1n) is 38.0. The third-order valence-corrected chi connectivity index (χ3v) is 25.5. The second kappa shape index (κ2) is 26.7. The van der Waals surface area contributed by atoms with Crippen LogP contribution in [0.4, 0.5) is 0 Å². The van der Waals surface area contributed by atoms with E-state index in [0.717, 1.165) is 111 Å². The zero-order valence-corrected chi connectivity index (χ0v) is 63.3. The number of aromatic nitrogens is 8. The summed E-state index contributed by atoms with van der Waals surface area (Å²) in [6.07, 6.45) is 0. The van der Waals surface area contributed by atoms with Gasteiger partial charge in [0.2, 0.25) is 0 Å². The maximum Gasteiger partial charge on any atom is 0.164 e.